The molecule has 0 aromatic heterocycles. The minimum absolute atomic E-state index is 0.551. The van der Waals surface area contributed by atoms with Crippen molar-refractivity contribution in [3.05, 3.63) is 70.8 Å². The molecule has 0 unspecified atom stereocenters. The van der Waals surface area contributed by atoms with Crippen LogP contribution in [0.15, 0.2) is 48.5 Å². The van der Waals surface area contributed by atoms with E-state index in [0.29, 0.717) is 12.2 Å². The summed E-state index contributed by atoms with van der Waals surface area (Å²) in [7, 11) is 0. The van der Waals surface area contributed by atoms with Crippen LogP contribution in [0.2, 0.25) is 0 Å². The monoisotopic (exact) mass is 236 g/mol. The maximum Gasteiger partial charge on any atom is 0.150 e. The number of carbonyl (C=O) groups is 1. The van der Waals surface area contributed by atoms with Gasteiger partial charge in [-0.05, 0) is 17.2 Å². The molecule has 2 nitrogen and oxygen atoms in total. The third-order valence-electron chi connectivity index (χ3n) is 3.08. The molecular weight excluding hydrogens is 224 g/mol. The predicted molar refractivity (Wildman–Crippen MR) is 70.9 cm³/mol. The third-order valence-corrected chi connectivity index (χ3v) is 3.08. The zero-order valence-electron chi connectivity index (χ0n) is 9.80. The topological polar surface area (TPSA) is 26.3 Å². The zero-order chi connectivity index (χ0) is 12.4. The van der Waals surface area contributed by atoms with Crippen molar-refractivity contribution in [2.24, 2.45) is 0 Å². The number of ether oxygens (including phenoxy) is 1. The van der Waals surface area contributed by atoms with Crippen LogP contribution >= 0.6 is 0 Å². The van der Waals surface area contributed by atoms with Crippen LogP contribution in [0.1, 0.15) is 27.0 Å². The maximum absolute atomic E-state index is 11.0. The summed E-state index contributed by atoms with van der Waals surface area (Å²) in [6.07, 6.45) is 2.85. The molecule has 0 atom stereocenters. The van der Waals surface area contributed by atoms with Crippen LogP contribution in [-0.4, -0.2) is 6.29 Å². The average Bonchev–Trinajstić information content (AvgIpc) is 2.46. The number of fused-ring (bicyclic) bond motifs is 1. The van der Waals surface area contributed by atoms with Crippen molar-refractivity contribution in [1.29, 1.82) is 0 Å². The standard InChI is InChI=1S/C16H12O2/c17-10-13-6-3-4-8-15(13)16-9-12-5-1-2-7-14(12)11-18-16/h1-10H,11H2. The highest BCUT2D eigenvalue weighted by molar-refractivity contribution is 5.89. The van der Waals surface area contributed by atoms with Gasteiger partial charge in [0.15, 0.2) is 6.29 Å². The molecule has 1 aliphatic heterocycles. The van der Waals surface area contributed by atoms with Gasteiger partial charge in [0.25, 0.3) is 0 Å². The molecule has 3 rings (SSSR count). The molecule has 0 bridgehead atoms. The Morgan fingerprint density at radius 1 is 1.00 bits per heavy atom. The second kappa shape index (κ2) is 4.49. The van der Waals surface area contributed by atoms with E-state index in [2.05, 4.69) is 6.07 Å². The molecule has 0 spiro atoms. The first kappa shape index (κ1) is 10.8. The summed E-state index contributed by atoms with van der Waals surface area (Å²) in [5.74, 6) is 0.761. The molecular formula is C16H12O2. The van der Waals surface area contributed by atoms with Gasteiger partial charge < -0.3 is 4.74 Å². The lowest BCUT2D eigenvalue weighted by Gasteiger charge is -2.19. The van der Waals surface area contributed by atoms with Gasteiger partial charge in [0, 0.05) is 11.1 Å². The van der Waals surface area contributed by atoms with Crippen molar-refractivity contribution in [2.75, 3.05) is 0 Å². The summed E-state index contributed by atoms with van der Waals surface area (Å²) in [5, 5.41) is 0. The normalized spacial score (nSPS) is 13.2. The van der Waals surface area contributed by atoms with Crippen LogP contribution in [0.5, 0.6) is 0 Å². The lowest BCUT2D eigenvalue weighted by molar-refractivity contribution is 0.112. The van der Waals surface area contributed by atoms with E-state index in [1.165, 1.54) is 5.56 Å². The first-order chi connectivity index (χ1) is 8.88. The van der Waals surface area contributed by atoms with Gasteiger partial charge in [0.05, 0.1) is 0 Å². The molecule has 0 fully saturated rings. The Morgan fingerprint density at radius 3 is 2.67 bits per heavy atom. The summed E-state index contributed by atoms with van der Waals surface area (Å²) < 4.78 is 5.74. The van der Waals surface area contributed by atoms with Crippen LogP contribution in [0.3, 0.4) is 0 Å². The van der Waals surface area contributed by atoms with E-state index in [1.807, 2.05) is 42.5 Å². The van der Waals surface area contributed by atoms with Crippen molar-refractivity contribution < 1.29 is 9.53 Å². The van der Waals surface area contributed by atoms with E-state index in [0.717, 1.165) is 23.2 Å². The molecule has 2 aromatic carbocycles. The van der Waals surface area contributed by atoms with Gasteiger partial charge in [-0.2, -0.15) is 0 Å². The Kier molecular flexibility index (Phi) is 2.69. The Balaban J connectivity index is 2.09. The Hall–Kier alpha value is -2.35. The molecule has 1 aliphatic rings. The summed E-state index contributed by atoms with van der Waals surface area (Å²) in [6, 6.07) is 15.6. The molecule has 0 aliphatic carbocycles. The quantitative estimate of drug-likeness (QED) is 0.746. The molecule has 2 heteroatoms. The average molecular weight is 236 g/mol. The highest BCUT2D eigenvalue weighted by atomic mass is 16.5. The third kappa shape index (κ3) is 1.82. The van der Waals surface area contributed by atoms with Crippen LogP contribution in [-0.2, 0) is 11.3 Å². The van der Waals surface area contributed by atoms with Gasteiger partial charge in [-0.3, -0.25) is 4.79 Å². The van der Waals surface area contributed by atoms with Crippen molar-refractivity contribution in [1.82, 2.24) is 0 Å². The van der Waals surface area contributed by atoms with Gasteiger partial charge in [0.2, 0.25) is 0 Å². The molecule has 18 heavy (non-hydrogen) atoms. The summed E-state index contributed by atoms with van der Waals surface area (Å²) in [5.41, 5.74) is 3.83. The molecule has 0 saturated carbocycles. The number of hydrogen-bond acceptors (Lipinski definition) is 2. The van der Waals surface area contributed by atoms with Gasteiger partial charge in [0.1, 0.15) is 12.4 Å². The van der Waals surface area contributed by atoms with E-state index in [-0.39, 0.29) is 0 Å². The highest BCUT2D eigenvalue weighted by Crippen LogP contribution is 2.29. The van der Waals surface area contributed by atoms with Gasteiger partial charge in [-0.15, -0.1) is 0 Å². The smallest absolute Gasteiger partial charge is 0.150 e. The fraction of sp³-hybridized carbons (Fsp3) is 0.0625. The number of hydrogen-bond donors (Lipinski definition) is 0. The molecule has 0 radical (unpaired) electrons. The molecule has 2 aromatic rings. The van der Waals surface area contributed by atoms with Gasteiger partial charge >= 0.3 is 0 Å². The van der Waals surface area contributed by atoms with E-state index < -0.39 is 0 Å². The van der Waals surface area contributed by atoms with Crippen LogP contribution < -0.4 is 0 Å². The van der Waals surface area contributed by atoms with Crippen LogP contribution in [0.25, 0.3) is 11.8 Å². The van der Waals surface area contributed by atoms with E-state index >= 15 is 0 Å². The molecule has 88 valence electrons. The van der Waals surface area contributed by atoms with Crippen LogP contribution in [0, 0.1) is 0 Å². The fourth-order valence-corrected chi connectivity index (χ4v) is 2.12. The van der Waals surface area contributed by atoms with Gasteiger partial charge in [-0.1, -0.05) is 48.5 Å². The molecule has 1 heterocycles. The first-order valence-electron chi connectivity index (χ1n) is 5.85. The lowest BCUT2D eigenvalue weighted by Crippen LogP contribution is -2.03. The van der Waals surface area contributed by atoms with E-state index in [9.17, 15) is 4.79 Å². The second-order valence-corrected chi connectivity index (χ2v) is 4.20. The lowest BCUT2D eigenvalue weighted by atomic mass is 10.0. The summed E-state index contributed by atoms with van der Waals surface area (Å²) in [6.45, 7) is 0.551. The second-order valence-electron chi connectivity index (χ2n) is 4.20. The molecule has 0 amide bonds. The summed E-state index contributed by atoms with van der Waals surface area (Å²) >= 11 is 0. The van der Waals surface area contributed by atoms with E-state index in [4.69, 9.17) is 4.74 Å². The molecule has 0 N–H and O–H groups in total. The minimum atomic E-state index is 0.551. The SMILES string of the molecule is O=Cc1ccccc1C1=Cc2ccccc2CO1. The summed E-state index contributed by atoms with van der Waals surface area (Å²) in [4.78, 5) is 11.0. The zero-order valence-corrected chi connectivity index (χ0v) is 9.80. The highest BCUT2D eigenvalue weighted by Gasteiger charge is 2.14. The number of aldehydes is 1. The maximum atomic E-state index is 11.0. The van der Waals surface area contributed by atoms with Crippen molar-refractivity contribution in [2.45, 2.75) is 6.61 Å². The Labute approximate surface area is 106 Å². The largest absolute Gasteiger partial charge is 0.488 e. The first-order valence-corrected chi connectivity index (χ1v) is 5.85. The van der Waals surface area contributed by atoms with Gasteiger partial charge in [-0.25, -0.2) is 0 Å². The molecule has 0 saturated heterocycles. The van der Waals surface area contributed by atoms with Crippen LogP contribution in [0.4, 0.5) is 0 Å². The van der Waals surface area contributed by atoms with E-state index in [1.54, 1.807) is 6.07 Å². The van der Waals surface area contributed by atoms with Crippen molar-refractivity contribution >= 4 is 18.1 Å². The fourth-order valence-electron chi connectivity index (χ4n) is 2.12. The van der Waals surface area contributed by atoms with Crippen molar-refractivity contribution in [3.63, 3.8) is 0 Å². The van der Waals surface area contributed by atoms with Crippen molar-refractivity contribution in [3.8, 4) is 0 Å². The Bertz CT molecular complexity index is 626. The Morgan fingerprint density at radius 2 is 1.78 bits per heavy atom. The number of benzene rings is 2. The number of carbonyl (C=O) groups excluding carboxylic acids is 1. The predicted octanol–water partition coefficient (Wildman–Crippen LogP) is 3.53. The number of rotatable bonds is 2. The minimum Gasteiger partial charge on any atom is -0.488 e.